The second-order valence-electron chi connectivity index (χ2n) is 3.27. The van der Waals surface area contributed by atoms with Crippen molar-refractivity contribution >= 4 is 23.3 Å². The molecule has 0 radical (unpaired) electrons. The molecular formula is C9H13N3O3S. The van der Waals surface area contributed by atoms with E-state index in [4.69, 9.17) is 5.11 Å². The summed E-state index contributed by atoms with van der Waals surface area (Å²) in [5, 5.41) is 16.1. The Balaban J connectivity index is 2.43. The van der Waals surface area contributed by atoms with Crippen molar-refractivity contribution in [3.8, 4) is 0 Å². The molecular weight excluding hydrogens is 230 g/mol. The number of aromatic nitrogens is 1. The maximum atomic E-state index is 11.4. The van der Waals surface area contributed by atoms with Gasteiger partial charge in [0.1, 0.15) is 11.0 Å². The lowest BCUT2D eigenvalue weighted by atomic mass is 10.3. The summed E-state index contributed by atoms with van der Waals surface area (Å²) in [6, 6.07) is -1.66. The van der Waals surface area contributed by atoms with Gasteiger partial charge in [0.2, 0.25) is 0 Å². The molecule has 0 fully saturated rings. The Hall–Kier alpha value is -1.63. The standard InChI is InChI=1S/C9H13N3O3S/c1-5(7-10-3-4-16-7)11-9(15)12-6(2)8(13)14/h3-6H,1-2H3,(H,13,14)(H2,11,12,15). The third kappa shape index (κ3) is 3.50. The topological polar surface area (TPSA) is 91.3 Å². The molecule has 1 aromatic heterocycles. The smallest absolute Gasteiger partial charge is 0.325 e. The Bertz CT molecular complexity index is 366. The van der Waals surface area contributed by atoms with E-state index in [-0.39, 0.29) is 6.04 Å². The van der Waals surface area contributed by atoms with Crippen LogP contribution >= 0.6 is 11.3 Å². The zero-order valence-electron chi connectivity index (χ0n) is 8.93. The van der Waals surface area contributed by atoms with Crippen molar-refractivity contribution in [3.63, 3.8) is 0 Å². The van der Waals surface area contributed by atoms with Gasteiger partial charge in [-0.3, -0.25) is 4.79 Å². The molecule has 2 unspecified atom stereocenters. The molecule has 3 N–H and O–H groups in total. The van der Waals surface area contributed by atoms with Gasteiger partial charge in [-0.1, -0.05) is 0 Å². The van der Waals surface area contributed by atoms with Gasteiger partial charge in [0.25, 0.3) is 0 Å². The Morgan fingerprint density at radius 3 is 2.62 bits per heavy atom. The van der Waals surface area contributed by atoms with Crippen LogP contribution in [0, 0.1) is 0 Å². The summed E-state index contributed by atoms with van der Waals surface area (Å²) in [6.45, 7) is 3.18. The van der Waals surface area contributed by atoms with Crippen molar-refractivity contribution in [2.45, 2.75) is 25.9 Å². The van der Waals surface area contributed by atoms with Gasteiger partial charge >= 0.3 is 12.0 Å². The first-order chi connectivity index (χ1) is 7.50. The number of urea groups is 1. The Kier molecular flexibility index (Phi) is 4.24. The predicted molar refractivity (Wildman–Crippen MR) is 59.3 cm³/mol. The Morgan fingerprint density at radius 2 is 2.12 bits per heavy atom. The fourth-order valence-corrected chi connectivity index (χ4v) is 1.65. The van der Waals surface area contributed by atoms with E-state index in [2.05, 4.69) is 15.6 Å². The third-order valence-electron chi connectivity index (χ3n) is 1.89. The van der Waals surface area contributed by atoms with Crippen LogP contribution in [-0.2, 0) is 4.79 Å². The molecule has 0 bridgehead atoms. The van der Waals surface area contributed by atoms with E-state index in [0.717, 1.165) is 5.01 Å². The number of nitrogens with zero attached hydrogens (tertiary/aromatic N) is 1. The van der Waals surface area contributed by atoms with Crippen LogP contribution in [0.3, 0.4) is 0 Å². The summed E-state index contributed by atoms with van der Waals surface area (Å²) in [4.78, 5) is 25.9. The average Bonchev–Trinajstić information content (AvgIpc) is 2.69. The highest BCUT2D eigenvalue weighted by Crippen LogP contribution is 2.14. The molecule has 2 amide bonds. The van der Waals surface area contributed by atoms with Crippen molar-refractivity contribution in [3.05, 3.63) is 16.6 Å². The highest BCUT2D eigenvalue weighted by molar-refractivity contribution is 7.09. The second kappa shape index (κ2) is 5.45. The monoisotopic (exact) mass is 243 g/mol. The maximum Gasteiger partial charge on any atom is 0.325 e. The average molecular weight is 243 g/mol. The lowest BCUT2D eigenvalue weighted by molar-refractivity contribution is -0.138. The maximum absolute atomic E-state index is 11.4. The zero-order chi connectivity index (χ0) is 12.1. The molecule has 1 heterocycles. The molecule has 7 heteroatoms. The molecule has 0 saturated carbocycles. The molecule has 16 heavy (non-hydrogen) atoms. The molecule has 0 aliphatic heterocycles. The lowest BCUT2D eigenvalue weighted by Gasteiger charge is -2.14. The zero-order valence-corrected chi connectivity index (χ0v) is 9.75. The van der Waals surface area contributed by atoms with E-state index in [9.17, 15) is 9.59 Å². The molecule has 0 spiro atoms. The number of aliphatic carboxylic acids is 1. The van der Waals surface area contributed by atoms with E-state index < -0.39 is 18.0 Å². The summed E-state index contributed by atoms with van der Waals surface area (Å²) in [7, 11) is 0. The van der Waals surface area contributed by atoms with Gasteiger partial charge in [-0.25, -0.2) is 9.78 Å². The van der Waals surface area contributed by atoms with E-state index in [1.54, 1.807) is 13.1 Å². The number of rotatable bonds is 4. The Morgan fingerprint density at radius 1 is 1.44 bits per heavy atom. The number of nitrogens with one attached hydrogen (secondary N) is 2. The summed E-state index contributed by atoms with van der Waals surface area (Å²) in [5.41, 5.74) is 0. The quantitative estimate of drug-likeness (QED) is 0.735. The van der Waals surface area contributed by atoms with Crippen LogP contribution in [0.4, 0.5) is 4.79 Å². The number of carbonyl (C=O) groups excluding carboxylic acids is 1. The summed E-state index contributed by atoms with van der Waals surface area (Å²) < 4.78 is 0. The first kappa shape index (κ1) is 12.4. The van der Waals surface area contributed by atoms with Crippen LogP contribution in [0.1, 0.15) is 24.9 Å². The van der Waals surface area contributed by atoms with Crippen molar-refractivity contribution < 1.29 is 14.7 Å². The molecule has 0 saturated heterocycles. The first-order valence-corrected chi connectivity index (χ1v) is 5.58. The number of carboxylic acid groups (broad SMARTS) is 1. The van der Waals surface area contributed by atoms with Crippen LogP contribution in [-0.4, -0.2) is 28.1 Å². The largest absolute Gasteiger partial charge is 0.480 e. The second-order valence-corrected chi connectivity index (χ2v) is 4.20. The van der Waals surface area contributed by atoms with Crippen LogP contribution in [0.5, 0.6) is 0 Å². The number of hydrogen-bond donors (Lipinski definition) is 3. The number of carbonyl (C=O) groups is 2. The van der Waals surface area contributed by atoms with Crippen molar-refractivity contribution in [2.75, 3.05) is 0 Å². The van der Waals surface area contributed by atoms with Crippen LogP contribution < -0.4 is 10.6 Å². The van der Waals surface area contributed by atoms with E-state index in [1.165, 1.54) is 18.3 Å². The lowest BCUT2D eigenvalue weighted by Crippen LogP contribution is -2.45. The predicted octanol–water partition coefficient (Wildman–Crippen LogP) is 0.976. The van der Waals surface area contributed by atoms with Gasteiger partial charge in [-0.15, -0.1) is 11.3 Å². The number of hydrogen-bond acceptors (Lipinski definition) is 4. The minimum atomic E-state index is -1.07. The molecule has 2 atom stereocenters. The van der Waals surface area contributed by atoms with Crippen molar-refractivity contribution in [1.82, 2.24) is 15.6 Å². The summed E-state index contributed by atoms with van der Waals surface area (Å²) in [5.74, 6) is -1.07. The third-order valence-corrected chi connectivity index (χ3v) is 2.85. The molecule has 1 aromatic rings. The van der Waals surface area contributed by atoms with Crippen LogP contribution in [0.2, 0.25) is 0 Å². The van der Waals surface area contributed by atoms with Gasteiger partial charge in [0.15, 0.2) is 0 Å². The molecule has 6 nitrogen and oxygen atoms in total. The molecule has 88 valence electrons. The fourth-order valence-electron chi connectivity index (χ4n) is 1.01. The SMILES string of the molecule is CC(NC(=O)NC(C)c1nccs1)C(=O)O. The van der Waals surface area contributed by atoms with E-state index in [0.29, 0.717) is 0 Å². The number of carboxylic acids is 1. The molecule has 0 aromatic carbocycles. The van der Waals surface area contributed by atoms with Crippen molar-refractivity contribution in [1.29, 1.82) is 0 Å². The number of amides is 2. The molecule has 0 aliphatic rings. The number of thiazole rings is 1. The van der Waals surface area contributed by atoms with Gasteiger partial charge in [-0.2, -0.15) is 0 Å². The minimum absolute atomic E-state index is 0.235. The van der Waals surface area contributed by atoms with Crippen molar-refractivity contribution in [2.24, 2.45) is 0 Å². The van der Waals surface area contributed by atoms with E-state index >= 15 is 0 Å². The fraction of sp³-hybridized carbons (Fsp3) is 0.444. The first-order valence-electron chi connectivity index (χ1n) is 4.70. The summed E-state index contributed by atoms with van der Waals surface area (Å²) >= 11 is 1.43. The normalized spacial score (nSPS) is 13.9. The summed E-state index contributed by atoms with van der Waals surface area (Å²) in [6.07, 6.45) is 1.65. The van der Waals surface area contributed by atoms with Gasteiger partial charge in [0, 0.05) is 11.6 Å². The van der Waals surface area contributed by atoms with E-state index in [1.807, 2.05) is 5.38 Å². The molecule has 1 rings (SSSR count). The highest BCUT2D eigenvalue weighted by atomic mass is 32.1. The van der Waals surface area contributed by atoms with Crippen LogP contribution in [0.15, 0.2) is 11.6 Å². The Labute approximate surface area is 96.7 Å². The van der Waals surface area contributed by atoms with Gasteiger partial charge in [0.05, 0.1) is 6.04 Å². The molecule has 0 aliphatic carbocycles. The van der Waals surface area contributed by atoms with Gasteiger partial charge in [-0.05, 0) is 13.8 Å². The highest BCUT2D eigenvalue weighted by Gasteiger charge is 2.16. The van der Waals surface area contributed by atoms with Gasteiger partial charge < -0.3 is 15.7 Å². The minimum Gasteiger partial charge on any atom is -0.480 e. The van der Waals surface area contributed by atoms with Crippen LogP contribution in [0.25, 0.3) is 0 Å².